The molecule has 2 aliphatic heterocycles. The Kier molecular flexibility index (Phi) is 6.20. The molecule has 5 heteroatoms. The van der Waals surface area contributed by atoms with Crippen LogP contribution in [0.5, 0.6) is 5.75 Å². The van der Waals surface area contributed by atoms with E-state index in [2.05, 4.69) is 57.6 Å². The first-order chi connectivity index (χ1) is 16.2. The molecule has 0 saturated carbocycles. The zero-order valence-electron chi connectivity index (χ0n) is 19.1. The highest BCUT2D eigenvalue weighted by atomic mass is 16.5. The summed E-state index contributed by atoms with van der Waals surface area (Å²) in [7, 11) is 1.72. The van der Waals surface area contributed by atoms with Gasteiger partial charge in [-0.2, -0.15) is 0 Å². The molecule has 1 amide bonds. The van der Waals surface area contributed by atoms with E-state index in [9.17, 15) is 4.79 Å². The molecule has 0 spiro atoms. The largest absolute Gasteiger partial charge is 0.495 e. The summed E-state index contributed by atoms with van der Waals surface area (Å²) in [4.78, 5) is 18.3. The highest BCUT2D eigenvalue weighted by Crippen LogP contribution is 2.38. The van der Waals surface area contributed by atoms with Crippen LogP contribution in [0.2, 0.25) is 0 Å². The van der Waals surface area contributed by atoms with Gasteiger partial charge in [0.25, 0.3) is 0 Å². The van der Waals surface area contributed by atoms with Gasteiger partial charge in [0.1, 0.15) is 5.75 Å². The topological polar surface area (TPSA) is 44.8 Å². The molecule has 170 valence electrons. The molecule has 2 aliphatic rings. The van der Waals surface area contributed by atoms with Crippen LogP contribution in [0.1, 0.15) is 11.1 Å². The molecule has 0 aliphatic carbocycles. The molecule has 0 aromatic heterocycles. The van der Waals surface area contributed by atoms with Crippen LogP contribution in [0, 0.1) is 5.92 Å². The quantitative estimate of drug-likeness (QED) is 0.630. The van der Waals surface area contributed by atoms with Crippen LogP contribution in [0.15, 0.2) is 78.9 Å². The van der Waals surface area contributed by atoms with Crippen molar-refractivity contribution in [3.63, 3.8) is 0 Å². The Labute approximate surface area is 196 Å². The Morgan fingerprint density at radius 1 is 0.939 bits per heavy atom. The van der Waals surface area contributed by atoms with Crippen LogP contribution < -0.4 is 19.9 Å². The van der Waals surface area contributed by atoms with Gasteiger partial charge in [0.05, 0.1) is 24.8 Å². The van der Waals surface area contributed by atoms with Crippen molar-refractivity contribution in [2.24, 2.45) is 5.92 Å². The zero-order chi connectivity index (χ0) is 22.6. The van der Waals surface area contributed by atoms with E-state index >= 15 is 0 Å². The molecule has 2 unspecified atom stereocenters. The van der Waals surface area contributed by atoms with Crippen LogP contribution in [-0.2, 0) is 17.6 Å². The molecule has 33 heavy (non-hydrogen) atoms. The number of nitrogens with one attached hydrogen (secondary N) is 1. The number of carbonyl (C=O) groups excluding carboxylic acids is 1. The SMILES string of the molecule is COc1ccccc1N1CCN2c3ccccc3CC(C(=O)NCCc3ccccc3)C2C1. The van der Waals surface area contributed by atoms with E-state index in [0.29, 0.717) is 6.54 Å². The highest BCUT2D eigenvalue weighted by molar-refractivity contribution is 5.82. The van der Waals surface area contributed by atoms with Gasteiger partial charge in [-0.3, -0.25) is 4.79 Å². The van der Waals surface area contributed by atoms with Crippen molar-refractivity contribution < 1.29 is 9.53 Å². The number of fused-ring (bicyclic) bond motifs is 3. The standard InChI is InChI=1S/C28H31N3O2/c1-33-27-14-8-7-13-25(27)30-17-18-31-24-12-6-5-11-22(24)19-23(26(31)20-30)28(32)29-16-15-21-9-3-2-4-10-21/h2-14,23,26H,15-20H2,1H3,(H,29,32). The molecule has 3 aromatic carbocycles. The third-order valence-corrected chi connectivity index (χ3v) is 6.94. The maximum absolute atomic E-state index is 13.4. The Bertz CT molecular complexity index is 1100. The summed E-state index contributed by atoms with van der Waals surface area (Å²) in [5.74, 6) is 0.941. The van der Waals surface area contributed by atoms with Crippen LogP contribution in [0.25, 0.3) is 0 Å². The fraction of sp³-hybridized carbons (Fsp3) is 0.321. The maximum Gasteiger partial charge on any atom is 0.225 e. The minimum Gasteiger partial charge on any atom is -0.495 e. The van der Waals surface area contributed by atoms with Gasteiger partial charge >= 0.3 is 0 Å². The summed E-state index contributed by atoms with van der Waals surface area (Å²) in [6.07, 6.45) is 1.62. The van der Waals surface area contributed by atoms with Gasteiger partial charge in [-0.15, -0.1) is 0 Å². The third kappa shape index (κ3) is 4.40. The molecule has 1 saturated heterocycles. The average molecular weight is 442 g/mol. The fourth-order valence-electron chi connectivity index (χ4n) is 5.27. The lowest BCUT2D eigenvalue weighted by Crippen LogP contribution is -2.61. The van der Waals surface area contributed by atoms with Gasteiger partial charge in [0, 0.05) is 31.9 Å². The van der Waals surface area contributed by atoms with Crippen molar-refractivity contribution in [1.82, 2.24) is 5.32 Å². The van der Waals surface area contributed by atoms with Crippen molar-refractivity contribution in [2.75, 3.05) is 43.1 Å². The van der Waals surface area contributed by atoms with Crippen LogP contribution in [0.3, 0.4) is 0 Å². The summed E-state index contributed by atoms with van der Waals surface area (Å²) < 4.78 is 5.63. The molecule has 1 N–H and O–H groups in total. The van der Waals surface area contributed by atoms with E-state index < -0.39 is 0 Å². The van der Waals surface area contributed by atoms with E-state index in [1.54, 1.807) is 7.11 Å². The first-order valence-electron chi connectivity index (χ1n) is 11.8. The summed E-state index contributed by atoms with van der Waals surface area (Å²) in [5, 5.41) is 3.23. The number of methoxy groups -OCH3 is 1. The Morgan fingerprint density at radius 2 is 1.67 bits per heavy atom. The van der Waals surface area contributed by atoms with Gasteiger partial charge in [-0.25, -0.2) is 0 Å². The summed E-state index contributed by atoms with van der Waals surface area (Å²) >= 11 is 0. The third-order valence-electron chi connectivity index (χ3n) is 6.94. The van der Waals surface area contributed by atoms with Crippen molar-refractivity contribution in [3.8, 4) is 5.75 Å². The first kappa shape index (κ1) is 21.4. The molecule has 1 fully saturated rings. The molecular formula is C28H31N3O2. The number of rotatable bonds is 6. The molecule has 0 radical (unpaired) electrons. The Morgan fingerprint density at radius 3 is 2.48 bits per heavy atom. The lowest BCUT2D eigenvalue weighted by atomic mass is 9.83. The number of hydrogen-bond acceptors (Lipinski definition) is 4. The molecule has 2 atom stereocenters. The number of hydrogen-bond donors (Lipinski definition) is 1. The van der Waals surface area contributed by atoms with Crippen molar-refractivity contribution in [1.29, 1.82) is 0 Å². The fourth-order valence-corrected chi connectivity index (χ4v) is 5.27. The van der Waals surface area contributed by atoms with Gasteiger partial charge in [0.15, 0.2) is 0 Å². The minimum absolute atomic E-state index is 0.0896. The summed E-state index contributed by atoms with van der Waals surface area (Å²) in [5.41, 5.74) is 4.88. The number of benzene rings is 3. The van der Waals surface area contributed by atoms with Crippen molar-refractivity contribution in [3.05, 3.63) is 90.0 Å². The van der Waals surface area contributed by atoms with Crippen molar-refractivity contribution in [2.45, 2.75) is 18.9 Å². The van der Waals surface area contributed by atoms with E-state index in [4.69, 9.17) is 4.74 Å². The monoisotopic (exact) mass is 441 g/mol. The Balaban J connectivity index is 1.36. The van der Waals surface area contributed by atoms with Crippen molar-refractivity contribution >= 4 is 17.3 Å². The van der Waals surface area contributed by atoms with Gasteiger partial charge in [-0.1, -0.05) is 60.7 Å². The minimum atomic E-state index is -0.0896. The molecule has 2 heterocycles. The van der Waals surface area contributed by atoms with Crippen LogP contribution in [0.4, 0.5) is 11.4 Å². The number of piperazine rings is 1. The molecule has 0 bridgehead atoms. The molecular weight excluding hydrogens is 410 g/mol. The number of ether oxygens (including phenoxy) is 1. The maximum atomic E-state index is 13.4. The highest BCUT2D eigenvalue weighted by Gasteiger charge is 2.41. The number of para-hydroxylation sites is 3. The molecule has 5 nitrogen and oxygen atoms in total. The van der Waals surface area contributed by atoms with Crippen LogP contribution >= 0.6 is 0 Å². The second kappa shape index (κ2) is 9.57. The van der Waals surface area contributed by atoms with Gasteiger partial charge in [0.2, 0.25) is 5.91 Å². The number of amides is 1. The number of carbonyl (C=O) groups is 1. The normalized spacial score (nSPS) is 19.4. The Hall–Kier alpha value is -3.47. The predicted octanol–water partition coefficient (Wildman–Crippen LogP) is 3.92. The summed E-state index contributed by atoms with van der Waals surface area (Å²) in [6, 6.07) is 27.2. The predicted molar refractivity (Wildman–Crippen MR) is 133 cm³/mol. The number of nitrogens with zero attached hydrogens (tertiary/aromatic N) is 2. The molecule has 3 aromatic rings. The lowest BCUT2D eigenvalue weighted by molar-refractivity contribution is -0.125. The van der Waals surface area contributed by atoms with Gasteiger partial charge < -0.3 is 19.9 Å². The lowest BCUT2D eigenvalue weighted by Gasteiger charge is -2.49. The second-order valence-electron chi connectivity index (χ2n) is 8.84. The van der Waals surface area contributed by atoms with E-state index in [1.165, 1.54) is 16.8 Å². The molecule has 5 rings (SSSR count). The first-order valence-corrected chi connectivity index (χ1v) is 11.8. The van der Waals surface area contributed by atoms with E-state index in [0.717, 1.165) is 43.9 Å². The second-order valence-corrected chi connectivity index (χ2v) is 8.84. The average Bonchev–Trinajstić information content (AvgIpc) is 2.88. The van der Waals surface area contributed by atoms with E-state index in [1.807, 2.05) is 36.4 Å². The summed E-state index contributed by atoms with van der Waals surface area (Å²) in [6.45, 7) is 3.23. The number of anilines is 2. The van der Waals surface area contributed by atoms with Gasteiger partial charge in [-0.05, 0) is 42.2 Å². The van der Waals surface area contributed by atoms with E-state index in [-0.39, 0.29) is 17.9 Å². The smallest absolute Gasteiger partial charge is 0.225 e. The zero-order valence-corrected chi connectivity index (χ0v) is 19.1. The van der Waals surface area contributed by atoms with Crippen LogP contribution in [-0.4, -0.2) is 45.2 Å².